The van der Waals surface area contributed by atoms with Gasteiger partial charge in [0.05, 0.1) is 29.3 Å². The van der Waals surface area contributed by atoms with Crippen LogP contribution in [0.5, 0.6) is 0 Å². The van der Waals surface area contributed by atoms with Gasteiger partial charge in [0.2, 0.25) is 0 Å². The maximum absolute atomic E-state index is 4.51. The summed E-state index contributed by atoms with van der Waals surface area (Å²) in [4.78, 5) is 41.6. The van der Waals surface area contributed by atoms with Crippen LogP contribution in [0, 0.1) is 37.9 Å². The lowest BCUT2D eigenvalue weighted by atomic mass is 9.79. The molecule has 1 N–H and O–H groups in total. The second kappa shape index (κ2) is 53.0. The molecule has 8 aliphatic rings. The summed E-state index contributed by atoms with van der Waals surface area (Å²) < 4.78 is 0. The predicted octanol–water partition coefficient (Wildman–Crippen LogP) is 34.2. The van der Waals surface area contributed by atoms with Crippen LogP contribution in [0.25, 0.3) is 0 Å². The number of hydrogen-bond acceptors (Lipinski definition) is 15. The second-order valence-corrected chi connectivity index (χ2v) is 56.9. The fourth-order valence-corrected chi connectivity index (χ4v) is 20.7. The third kappa shape index (κ3) is 46.3. The minimum atomic E-state index is 0.188. The van der Waals surface area contributed by atoms with E-state index >= 15 is 0 Å². The molecule has 0 bridgehead atoms. The first-order valence-corrected chi connectivity index (χ1v) is 52.4. The lowest BCUT2D eigenvalue weighted by Crippen LogP contribution is -2.18. The Kier molecular flexibility index (Phi) is 47.1. The van der Waals surface area contributed by atoms with Gasteiger partial charge in [0.15, 0.2) is 0 Å². The SMILES string of the molecule is CC(C)(C)C.CC(C)(C)C.CC(C)(C)C.CC(C)(C)C.CC(C)(C)C.CC1(C)CC(C)(C)C2=C1C=NC2.CC1(C)CC(C)(C)c2ccccc21.CC1(C)CC(C)(C)c2cnccc21.CC1(C)CC(C)(C)c2ncccc21.CC1(C)CC(C)(C)c2nccnc21.CC1(C)CC(C)(C)c2ncncc21.CC1(C)CC(C)(C)c2nnccc21.c1ccccc1.c1ccncc1.c1ccnnc1.c1cn[nH]c1.c1cncnc1. The molecule has 0 saturated carbocycles. The third-order valence-electron chi connectivity index (χ3n) is 24.1. The van der Waals surface area contributed by atoms with Crippen molar-refractivity contribution in [2.75, 3.05) is 6.54 Å². The Balaban J connectivity index is 0.000000399. The minimum absolute atomic E-state index is 0.188. The largest absolute Gasteiger partial charge is 0.288 e. The fraction of sp³-hybridized carbons (Fsp3) is 0.586. The highest BCUT2D eigenvalue weighted by Crippen LogP contribution is 2.56. The zero-order valence-corrected chi connectivity index (χ0v) is 99.9. The standard InChI is InChI=1S/C13H18.2C12H17N.3C11H16N2.C11H17N.C6H6.C5H5N.5C5H12.2C4H4N2.C3H4N2/c1-12(2)9-13(3,4)11-8-6-5-7-10(11)12;1-11(2)8-12(3,4)10-7-13-6-5-9(10)11;1-11(2)8-12(3,4)10-9(11)6-5-7-13-10;1-10(2)6-11(3,4)9-8(10)5-12-7-13-9;1-10(2)7-11(3,4)9-8(10)12-5-6-13-9;1-10(2)7-11(3,4)9-8(10)5-6-12-13-9;1-10(2)7-11(3,4)9-6-12-5-8(9)10;2*1-2-4-6-5-3-1;5*1-5(2,3)4;1-2-5-4-6-3-1;1-2-4-6-5-3-1;1-2-4-5-3-1/h5-8H,9H2,1-4H3;2*5-7H,8H2,1-4H3;5,7H,6H2,1-4H3;2*5-6H,7H2,1-4H3;5H,6-7H2,1-4H3;1-6H;1-5H;5*1-4H3;2*1-4H;1-3H,(H,4,5). The van der Waals surface area contributed by atoms with Crippen molar-refractivity contribution >= 4 is 6.21 Å². The zero-order valence-electron chi connectivity index (χ0n) is 99.9. The molecule has 0 saturated heterocycles. The van der Waals surface area contributed by atoms with E-state index in [1.165, 1.54) is 93.9 Å². The fourth-order valence-electron chi connectivity index (χ4n) is 20.7. The Morgan fingerprint density at radius 3 is 0.882 bits per heavy atom. The van der Waals surface area contributed by atoms with Crippen molar-refractivity contribution in [3.05, 3.63) is 312 Å². The van der Waals surface area contributed by atoms with E-state index in [1.54, 1.807) is 97.3 Å². The molecule has 0 unspecified atom stereocenters. The number of fused-ring (bicyclic) bond motifs is 6. The van der Waals surface area contributed by atoms with Crippen LogP contribution in [0.1, 0.15) is 445 Å². The van der Waals surface area contributed by atoms with E-state index in [9.17, 15) is 0 Å². The molecule has 144 heavy (non-hydrogen) atoms. The molecule has 9 aromatic heterocycles. The van der Waals surface area contributed by atoms with Crippen LogP contribution in [0.3, 0.4) is 0 Å². The molecular weight excluding hydrogens is 1760 g/mol. The number of aliphatic imine (C=N–C) groups is 1. The van der Waals surface area contributed by atoms with Gasteiger partial charge in [-0.25, -0.2) is 19.9 Å². The van der Waals surface area contributed by atoms with E-state index < -0.39 is 0 Å². The van der Waals surface area contributed by atoms with Crippen LogP contribution >= 0.6 is 0 Å². The minimum Gasteiger partial charge on any atom is -0.288 e. The molecule has 0 amide bonds. The number of rotatable bonds is 0. The Hall–Kier alpha value is -10.1. The highest BCUT2D eigenvalue weighted by molar-refractivity contribution is 5.86. The number of H-pyrrole nitrogens is 1. The Morgan fingerprint density at radius 1 is 0.222 bits per heavy atom. The Morgan fingerprint density at radius 2 is 0.549 bits per heavy atom. The first kappa shape index (κ1) is 128. The topological polar surface area (TPSA) is 209 Å². The quantitative estimate of drug-likeness (QED) is 0.150. The van der Waals surface area contributed by atoms with Crippen molar-refractivity contribution < 1.29 is 0 Å². The molecular formula is C128H200N16. The van der Waals surface area contributed by atoms with Gasteiger partial charge >= 0.3 is 0 Å². The van der Waals surface area contributed by atoms with E-state index in [4.69, 9.17) is 0 Å². The summed E-state index contributed by atoms with van der Waals surface area (Å²) in [6.45, 7) is 109. The van der Waals surface area contributed by atoms with Gasteiger partial charge in [-0.1, -0.05) is 405 Å². The lowest BCUT2D eigenvalue weighted by molar-refractivity contribution is 0.318. The molecule has 1 aliphatic heterocycles. The van der Waals surface area contributed by atoms with Crippen LogP contribution < -0.4 is 0 Å². The molecule has 16 heteroatoms. The number of nitrogens with one attached hydrogen (secondary N) is 1. The van der Waals surface area contributed by atoms with Crippen molar-refractivity contribution in [3.63, 3.8) is 0 Å². The van der Waals surface area contributed by atoms with E-state index in [-0.39, 0.29) is 37.9 Å². The molecule has 10 heterocycles. The average Bonchev–Trinajstić information content (AvgIpc) is 1.58. The average molecular weight is 1960 g/mol. The van der Waals surface area contributed by atoms with Crippen LogP contribution in [0.2, 0.25) is 0 Å². The number of allylic oxidation sites excluding steroid dienone is 1. The summed E-state index contributed by atoms with van der Waals surface area (Å²) in [6, 6.07) is 42.4. The van der Waals surface area contributed by atoms with Gasteiger partial charge in [-0.15, -0.1) is 0 Å². The van der Waals surface area contributed by atoms with Gasteiger partial charge in [0.1, 0.15) is 12.7 Å². The molecule has 0 spiro atoms. The van der Waals surface area contributed by atoms with Crippen LogP contribution in [0.15, 0.2) is 249 Å². The molecule has 0 fully saturated rings. The van der Waals surface area contributed by atoms with Crippen LogP contribution in [-0.2, 0) is 65.0 Å². The number of hydrogen-bond donors (Lipinski definition) is 1. The summed E-state index contributed by atoms with van der Waals surface area (Å²) in [6.07, 6.45) is 40.5. The maximum Gasteiger partial charge on any atom is 0.115 e. The zero-order chi connectivity index (χ0) is 110. The molecule has 792 valence electrons. The Bertz CT molecular complexity index is 4450. The van der Waals surface area contributed by atoms with Crippen LogP contribution in [0.4, 0.5) is 0 Å². The van der Waals surface area contributed by atoms with Crippen LogP contribution in [-0.4, -0.2) is 88.2 Å². The van der Waals surface area contributed by atoms with Gasteiger partial charge in [-0.3, -0.25) is 35.0 Å². The first-order chi connectivity index (χ1) is 65.5. The number of pyridine rings is 3. The van der Waals surface area contributed by atoms with Crippen molar-refractivity contribution in [1.82, 2.24) is 75.4 Å². The maximum atomic E-state index is 4.51. The number of nitrogens with zero attached hydrogens (tertiary/aromatic N) is 15. The first-order valence-electron chi connectivity index (χ1n) is 52.4. The second-order valence-electron chi connectivity index (χ2n) is 56.9. The number of aromatic amines is 1. The summed E-state index contributed by atoms with van der Waals surface area (Å²) in [5.41, 5.74) is 25.7. The van der Waals surface area contributed by atoms with E-state index in [0.717, 1.165) is 25.8 Å². The van der Waals surface area contributed by atoms with E-state index in [1.807, 2.05) is 104 Å². The molecule has 2 aromatic carbocycles. The smallest absolute Gasteiger partial charge is 0.115 e. The highest BCUT2D eigenvalue weighted by atomic mass is 15.1. The molecule has 0 atom stereocenters. The van der Waals surface area contributed by atoms with Gasteiger partial charge in [0, 0.05) is 132 Å². The summed E-state index contributed by atoms with van der Waals surface area (Å²) >= 11 is 0. The molecule has 16 nitrogen and oxygen atoms in total. The molecule has 19 rings (SSSR count). The monoisotopic (exact) mass is 1960 g/mol. The third-order valence-corrected chi connectivity index (χ3v) is 24.1. The summed E-state index contributed by atoms with van der Waals surface area (Å²) in [5.74, 6) is 0. The van der Waals surface area contributed by atoms with Crippen molar-refractivity contribution in [2.24, 2.45) is 42.9 Å². The predicted molar refractivity (Wildman–Crippen MR) is 617 cm³/mol. The number of benzene rings is 2. The molecule has 0 radical (unpaired) electrons. The normalized spacial score (nSPS) is 18.5. The van der Waals surface area contributed by atoms with Gasteiger partial charge in [-0.05, 0) is 225 Å². The van der Waals surface area contributed by atoms with Gasteiger partial charge < -0.3 is 0 Å². The van der Waals surface area contributed by atoms with Gasteiger partial charge in [-0.2, -0.15) is 25.5 Å². The van der Waals surface area contributed by atoms with Crippen molar-refractivity contribution in [1.29, 1.82) is 0 Å². The summed E-state index contributed by atoms with van der Waals surface area (Å²) in [7, 11) is 0. The van der Waals surface area contributed by atoms with E-state index in [0.29, 0.717) is 65.0 Å². The highest BCUT2D eigenvalue weighted by Gasteiger charge is 2.49. The van der Waals surface area contributed by atoms with E-state index in [2.05, 4.69) is 461 Å². The summed E-state index contributed by atoms with van der Waals surface area (Å²) in [5, 5.41) is 21.5. The molecule has 7 aliphatic carbocycles. The van der Waals surface area contributed by atoms with Crippen molar-refractivity contribution in [3.8, 4) is 0 Å². The van der Waals surface area contributed by atoms with Gasteiger partial charge in [0.25, 0.3) is 0 Å². The van der Waals surface area contributed by atoms with Crippen molar-refractivity contribution in [2.45, 2.75) is 442 Å². The lowest BCUT2D eigenvalue weighted by Gasteiger charge is -2.25. The Labute approximate surface area is 879 Å². The number of aromatic nitrogens is 15. The molecule has 11 aromatic rings.